The third-order valence-corrected chi connectivity index (χ3v) is 2.88. The summed E-state index contributed by atoms with van der Waals surface area (Å²) >= 11 is 0. The van der Waals surface area contributed by atoms with Crippen molar-refractivity contribution in [3.05, 3.63) is 0 Å². The molecule has 1 N–H and O–H groups in total. The Balaban J connectivity index is 2.06. The number of hydrogen-bond donors (Lipinski definition) is 1. The van der Waals surface area contributed by atoms with Gasteiger partial charge in [0.2, 0.25) is 5.91 Å². The average Bonchev–Trinajstić information content (AvgIpc) is 2.25. The third kappa shape index (κ3) is 5.14. The van der Waals surface area contributed by atoms with Crippen molar-refractivity contribution >= 4 is 5.91 Å². The normalized spacial score (nSPS) is 18.1. The van der Waals surface area contributed by atoms with Crippen molar-refractivity contribution in [1.82, 2.24) is 10.2 Å². The summed E-state index contributed by atoms with van der Waals surface area (Å²) in [5.74, 6) is 0.0590. The Morgan fingerprint density at radius 2 is 2.13 bits per heavy atom. The van der Waals surface area contributed by atoms with Crippen LogP contribution in [0.5, 0.6) is 0 Å². The van der Waals surface area contributed by atoms with Crippen molar-refractivity contribution in [3.63, 3.8) is 0 Å². The maximum absolute atomic E-state index is 10.6. The first-order valence-corrected chi connectivity index (χ1v) is 5.72. The molecule has 0 aromatic carbocycles. The van der Waals surface area contributed by atoms with E-state index in [1.807, 2.05) is 0 Å². The van der Waals surface area contributed by atoms with Crippen LogP contribution in [-0.2, 0) is 9.53 Å². The molecular formula is C11H22N2O2. The molecule has 0 spiro atoms. The fourth-order valence-corrected chi connectivity index (χ4v) is 1.90. The second-order valence-corrected chi connectivity index (χ2v) is 4.16. The smallest absolute Gasteiger partial charge is 0.216 e. The van der Waals surface area contributed by atoms with Crippen molar-refractivity contribution in [3.8, 4) is 0 Å². The molecule has 1 heterocycles. The van der Waals surface area contributed by atoms with Crippen LogP contribution >= 0.6 is 0 Å². The largest absolute Gasteiger partial charge is 0.381 e. The number of nitrogens with one attached hydrogen (secondary N) is 1. The summed E-state index contributed by atoms with van der Waals surface area (Å²) in [4.78, 5) is 13.0. The standard InChI is InChI=1S/C11H22N2O2/c1-10(14)12-6-3-7-13(2)11-4-8-15-9-5-11/h11H,3-9H2,1-2H3,(H,12,14). The molecule has 0 bridgehead atoms. The number of nitrogens with zero attached hydrogens (tertiary/aromatic N) is 1. The van der Waals surface area contributed by atoms with Crippen LogP contribution in [-0.4, -0.2) is 50.2 Å². The molecule has 4 heteroatoms. The van der Waals surface area contributed by atoms with Crippen LogP contribution in [0.1, 0.15) is 26.2 Å². The molecule has 0 radical (unpaired) electrons. The van der Waals surface area contributed by atoms with Gasteiger partial charge in [0.15, 0.2) is 0 Å². The minimum absolute atomic E-state index is 0.0590. The van der Waals surface area contributed by atoms with Crippen molar-refractivity contribution < 1.29 is 9.53 Å². The minimum Gasteiger partial charge on any atom is -0.381 e. The molecule has 1 rings (SSSR count). The highest BCUT2D eigenvalue weighted by molar-refractivity contribution is 5.72. The van der Waals surface area contributed by atoms with E-state index in [2.05, 4.69) is 17.3 Å². The lowest BCUT2D eigenvalue weighted by molar-refractivity contribution is -0.118. The number of hydrogen-bond acceptors (Lipinski definition) is 3. The van der Waals surface area contributed by atoms with Gasteiger partial charge < -0.3 is 15.0 Å². The van der Waals surface area contributed by atoms with E-state index in [4.69, 9.17) is 4.74 Å². The van der Waals surface area contributed by atoms with Crippen LogP contribution in [0, 0.1) is 0 Å². The van der Waals surface area contributed by atoms with Gasteiger partial charge in [-0.15, -0.1) is 0 Å². The van der Waals surface area contributed by atoms with Crippen LogP contribution < -0.4 is 5.32 Å². The summed E-state index contributed by atoms with van der Waals surface area (Å²) in [5.41, 5.74) is 0. The molecule has 15 heavy (non-hydrogen) atoms. The molecule has 0 aliphatic carbocycles. The highest BCUT2D eigenvalue weighted by Crippen LogP contribution is 2.12. The van der Waals surface area contributed by atoms with Crippen LogP contribution in [0.25, 0.3) is 0 Å². The van der Waals surface area contributed by atoms with Gasteiger partial charge in [-0.05, 0) is 32.9 Å². The maximum Gasteiger partial charge on any atom is 0.216 e. The van der Waals surface area contributed by atoms with Gasteiger partial charge in [-0.25, -0.2) is 0 Å². The zero-order valence-electron chi connectivity index (χ0n) is 9.79. The Labute approximate surface area is 92.0 Å². The molecule has 0 aromatic rings. The van der Waals surface area contributed by atoms with Gasteiger partial charge in [0.1, 0.15) is 0 Å². The Kier molecular flexibility index (Phi) is 5.65. The van der Waals surface area contributed by atoms with Gasteiger partial charge >= 0.3 is 0 Å². The zero-order valence-corrected chi connectivity index (χ0v) is 9.79. The highest BCUT2D eigenvalue weighted by Gasteiger charge is 2.17. The first kappa shape index (κ1) is 12.5. The fraction of sp³-hybridized carbons (Fsp3) is 0.909. The average molecular weight is 214 g/mol. The second kappa shape index (κ2) is 6.80. The molecule has 0 unspecified atom stereocenters. The summed E-state index contributed by atoms with van der Waals surface area (Å²) in [6.07, 6.45) is 3.29. The van der Waals surface area contributed by atoms with Crippen molar-refractivity contribution in [1.29, 1.82) is 0 Å². The predicted molar refractivity (Wildman–Crippen MR) is 59.8 cm³/mol. The first-order chi connectivity index (χ1) is 7.20. The van der Waals surface area contributed by atoms with E-state index in [0.29, 0.717) is 6.04 Å². The van der Waals surface area contributed by atoms with Crippen molar-refractivity contribution in [2.45, 2.75) is 32.2 Å². The lowest BCUT2D eigenvalue weighted by Gasteiger charge is -2.31. The van der Waals surface area contributed by atoms with Crippen LogP contribution in [0.3, 0.4) is 0 Å². The number of carbonyl (C=O) groups excluding carboxylic acids is 1. The Hall–Kier alpha value is -0.610. The first-order valence-electron chi connectivity index (χ1n) is 5.72. The lowest BCUT2D eigenvalue weighted by atomic mass is 10.1. The monoisotopic (exact) mass is 214 g/mol. The minimum atomic E-state index is 0.0590. The Bertz CT molecular complexity index is 191. The van der Waals surface area contributed by atoms with Crippen LogP contribution in [0.2, 0.25) is 0 Å². The van der Waals surface area contributed by atoms with Crippen LogP contribution in [0.4, 0.5) is 0 Å². The summed E-state index contributed by atoms with van der Waals surface area (Å²) in [5, 5.41) is 2.81. The van der Waals surface area contributed by atoms with Gasteiger partial charge in [-0.3, -0.25) is 4.79 Å². The molecule has 1 aliphatic heterocycles. The van der Waals surface area contributed by atoms with E-state index in [1.54, 1.807) is 6.92 Å². The van der Waals surface area contributed by atoms with Gasteiger partial charge in [0, 0.05) is 32.7 Å². The van der Waals surface area contributed by atoms with E-state index < -0.39 is 0 Å². The van der Waals surface area contributed by atoms with E-state index in [1.165, 1.54) is 0 Å². The molecule has 1 amide bonds. The maximum atomic E-state index is 10.6. The van der Waals surface area contributed by atoms with Gasteiger partial charge in [-0.1, -0.05) is 0 Å². The quantitative estimate of drug-likeness (QED) is 0.682. The summed E-state index contributed by atoms with van der Waals surface area (Å²) in [6, 6.07) is 0.663. The SMILES string of the molecule is CC(=O)NCCCN(C)C1CCOCC1. The topological polar surface area (TPSA) is 41.6 Å². The third-order valence-electron chi connectivity index (χ3n) is 2.88. The molecule has 0 atom stereocenters. The molecule has 1 aliphatic rings. The van der Waals surface area contributed by atoms with E-state index >= 15 is 0 Å². The number of rotatable bonds is 5. The summed E-state index contributed by atoms with van der Waals surface area (Å²) < 4.78 is 5.32. The van der Waals surface area contributed by atoms with E-state index in [-0.39, 0.29) is 5.91 Å². The van der Waals surface area contributed by atoms with Gasteiger partial charge in [0.25, 0.3) is 0 Å². The lowest BCUT2D eigenvalue weighted by Crippen LogP contribution is -2.38. The number of amides is 1. The molecule has 1 saturated heterocycles. The van der Waals surface area contributed by atoms with Gasteiger partial charge in [0.05, 0.1) is 0 Å². The molecule has 4 nitrogen and oxygen atoms in total. The molecule has 0 saturated carbocycles. The van der Waals surface area contributed by atoms with E-state index in [9.17, 15) is 4.79 Å². The Morgan fingerprint density at radius 1 is 1.47 bits per heavy atom. The zero-order chi connectivity index (χ0) is 11.1. The summed E-state index contributed by atoms with van der Waals surface area (Å²) in [6.45, 7) is 5.16. The van der Waals surface area contributed by atoms with Gasteiger partial charge in [-0.2, -0.15) is 0 Å². The number of ether oxygens (including phenoxy) is 1. The predicted octanol–water partition coefficient (Wildman–Crippen LogP) is 0.623. The number of carbonyl (C=O) groups is 1. The molecule has 1 fully saturated rings. The molecule has 88 valence electrons. The molecular weight excluding hydrogens is 192 g/mol. The van der Waals surface area contributed by atoms with Crippen molar-refractivity contribution in [2.75, 3.05) is 33.4 Å². The summed E-state index contributed by atoms with van der Waals surface area (Å²) in [7, 11) is 2.16. The van der Waals surface area contributed by atoms with Crippen molar-refractivity contribution in [2.24, 2.45) is 0 Å². The molecule has 0 aromatic heterocycles. The van der Waals surface area contributed by atoms with Crippen LogP contribution in [0.15, 0.2) is 0 Å². The fourth-order valence-electron chi connectivity index (χ4n) is 1.90. The van der Waals surface area contributed by atoms with E-state index in [0.717, 1.165) is 45.6 Å². The highest BCUT2D eigenvalue weighted by atomic mass is 16.5. The second-order valence-electron chi connectivity index (χ2n) is 4.16. The Morgan fingerprint density at radius 3 is 2.73 bits per heavy atom.